The minimum Gasteiger partial charge on any atom is -0.481 e. The smallest absolute Gasteiger partial charge is 0.308 e. The minimum atomic E-state index is -0.766. The van der Waals surface area contributed by atoms with Crippen molar-refractivity contribution in [3.05, 3.63) is 15.6 Å². The average molecular weight is 308 g/mol. The average Bonchev–Trinajstić information content (AvgIpc) is 3.08. The van der Waals surface area contributed by atoms with Crippen LogP contribution in [-0.4, -0.2) is 40.0 Å². The standard InChI is InChI=1S/C15H20N2O3S/c1-3-12-16-8(2)13(21-12)14(18)17-6-10(9-4-5-9)11(7-17)15(19)20/h9-11H,3-7H2,1-2H3,(H,19,20)/t10-,11+/m0/s1. The molecule has 2 aliphatic rings. The van der Waals surface area contributed by atoms with Crippen molar-refractivity contribution in [2.24, 2.45) is 17.8 Å². The van der Waals surface area contributed by atoms with Gasteiger partial charge in [-0.3, -0.25) is 9.59 Å². The van der Waals surface area contributed by atoms with Crippen molar-refractivity contribution in [3.63, 3.8) is 0 Å². The van der Waals surface area contributed by atoms with Crippen LogP contribution in [-0.2, 0) is 11.2 Å². The number of carbonyl (C=O) groups is 2. The van der Waals surface area contributed by atoms with Gasteiger partial charge < -0.3 is 10.0 Å². The molecule has 1 aromatic rings. The van der Waals surface area contributed by atoms with Gasteiger partial charge >= 0.3 is 5.97 Å². The molecule has 2 heterocycles. The van der Waals surface area contributed by atoms with E-state index in [1.54, 1.807) is 4.90 Å². The molecule has 0 spiro atoms. The number of carbonyl (C=O) groups excluding carboxylic acids is 1. The van der Waals surface area contributed by atoms with E-state index >= 15 is 0 Å². The maximum absolute atomic E-state index is 12.7. The second-order valence-corrected chi connectivity index (χ2v) is 7.12. The van der Waals surface area contributed by atoms with Crippen molar-refractivity contribution in [1.82, 2.24) is 9.88 Å². The molecule has 3 rings (SSSR count). The SMILES string of the molecule is CCc1nc(C)c(C(=O)N2C[C@@H](C(=O)O)[C@H](C3CC3)C2)s1. The Kier molecular flexibility index (Phi) is 3.73. The van der Waals surface area contributed by atoms with Gasteiger partial charge in [-0.25, -0.2) is 4.98 Å². The highest BCUT2D eigenvalue weighted by Gasteiger charge is 2.47. The van der Waals surface area contributed by atoms with Crippen molar-refractivity contribution in [2.45, 2.75) is 33.1 Å². The van der Waals surface area contributed by atoms with Gasteiger partial charge in [-0.2, -0.15) is 0 Å². The molecule has 5 nitrogen and oxygen atoms in total. The second kappa shape index (κ2) is 5.40. The first-order valence-electron chi connectivity index (χ1n) is 7.49. The van der Waals surface area contributed by atoms with Gasteiger partial charge in [0.25, 0.3) is 5.91 Å². The van der Waals surface area contributed by atoms with E-state index in [-0.39, 0.29) is 11.8 Å². The molecule has 0 unspecified atom stereocenters. The number of nitrogens with zero attached hydrogens (tertiary/aromatic N) is 2. The van der Waals surface area contributed by atoms with Crippen molar-refractivity contribution in [2.75, 3.05) is 13.1 Å². The summed E-state index contributed by atoms with van der Waals surface area (Å²) < 4.78 is 0. The van der Waals surface area contributed by atoms with Crippen LogP contribution in [0.4, 0.5) is 0 Å². The van der Waals surface area contributed by atoms with Gasteiger partial charge in [-0.15, -0.1) is 11.3 Å². The molecule has 0 radical (unpaired) electrons. The summed E-state index contributed by atoms with van der Waals surface area (Å²) in [6.45, 7) is 4.80. The zero-order valence-electron chi connectivity index (χ0n) is 12.3. The van der Waals surface area contributed by atoms with Crippen LogP contribution in [0.15, 0.2) is 0 Å². The number of hydrogen-bond acceptors (Lipinski definition) is 4. The molecule has 2 atom stereocenters. The third-order valence-corrected chi connectivity index (χ3v) is 5.82. The molecule has 1 aromatic heterocycles. The Labute approximate surface area is 128 Å². The van der Waals surface area contributed by atoms with Crippen molar-refractivity contribution in [3.8, 4) is 0 Å². The monoisotopic (exact) mass is 308 g/mol. The van der Waals surface area contributed by atoms with Gasteiger partial charge in [-0.05, 0) is 38.0 Å². The summed E-state index contributed by atoms with van der Waals surface area (Å²) in [7, 11) is 0. The number of aliphatic carboxylic acids is 1. The van der Waals surface area contributed by atoms with Crippen molar-refractivity contribution in [1.29, 1.82) is 0 Å². The van der Waals surface area contributed by atoms with Crippen molar-refractivity contribution >= 4 is 23.2 Å². The first-order valence-corrected chi connectivity index (χ1v) is 8.31. The van der Waals surface area contributed by atoms with Crippen LogP contribution in [0.5, 0.6) is 0 Å². The highest BCUT2D eigenvalue weighted by atomic mass is 32.1. The molecular formula is C15H20N2O3S. The van der Waals surface area contributed by atoms with Crippen LogP contribution < -0.4 is 0 Å². The molecule has 114 valence electrons. The van der Waals surface area contributed by atoms with Crippen LogP contribution in [0.3, 0.4) is 0 Å². The van der Waals surface area contributed by atoms with Crippen molar-refractivity contribution < 1.29 is 14.7 Å². The summed E-state index contributed by atoms with van der Waals surface area (Å²) in [5, 5.41) is 10.3. The molecule has 2 fully saturated rings. The quantitative estimate of drug-likeness (QED) is 0.925. The fourth-order valence-corrected chi connectivity index (χ4v) is 4.18. The Morgan fingerprint density at radius 3 is 2.62 bits per heavy atom. The van der Waals surface area contributed by atoms with E-state index in [0.29, 0.717) is 23.9 Å². The zero-order valence-corrected chi connectivity index (χ0v) is 13.2. The maximum Gasteiger partial charge on any atom is 0.308 e. The summed E-state index contributed by atoms with van der Waals surface area (Å²) in [5.74, 6) is -0.583. The van der Waals surface area contributed by atoms with Gasteiger partial charge in [0.2, 0.25) is 0 Å². The molecule has 1 aliphatic heterocycles. The molecule has 0 bridgehead atoms. The molecule has 1 N–H and O–H groups in total. The van der Waals surface area contributed by atoms with E-state index in [1.165, 1.54) is 11.3 Å². The normalized spacial score (nSPS) is 25.3. The fourth-order valence-electron chi connectivity index (χ4n) is 3.20. The number of carboxylic acid groups (broad SMARTS) is 1. The lowest BCUT2D eigenvalue weighted by Gasteiger charge is -2.15. The number of likely N-dealkylation sites (tertiary alicyclic amines) is 1. The topological polar surface area (TPSA) is 70.5 Å². The van der Waals surface area contributed by atoms with E-state index in [1.807, 2.05) is 13.8 Å². The van der Waals surface area contributed by atoms with Crippen LogP contribution >= 0.6 is 11.3 Å². The Morgan fingerprint density at radius 2 is 2.10 bits per heavy atom. The molecule has 1 saturated heterocycles. The predicted molar refractivity (Wildman–Crippen MR) is 79.5 cm³/mol. The Bertz CT molecular complexity index is 579. The van der Waals surface area contributed by atoms with Gasteiger partial charge in [0.15, 0.2) is 0 Å². The lowest BCUT2D eigenvalue weighted by Crippen LogP contribution is -2.29. The number of aromatic nitrogens is 1. The number of aryl methyl sites for hydroxylation is 2. The Hall–Kier alpha value is -1.43. The first-order chi connectivity index (χ1) is 10.0. The Balaban J connectivity index is 1.78. The lowest BCUT2D eigenvalue weighted by molar-refractivity contribution is -0.142. The summed E-state index contributed by atoms with van der Waals surface area (Å²) in [5.41, 5.74) is 0.767. The van der Waals surface area contributed by atoms with Gasteiger partial charge in [0, 0.05) is 13.1 Å². The number of rotatable bonds is 4. The summed E-state index contributed by atoms with van der Waals surface area (Å²) in [6.07, 6.45) is 3.04. The third-order valence-electron chi connectivity index (χ3n) is 4.53. The largest absolute Gasteiger partial charge is 0.481 e. The van der Waals surface area contributed by atoms with E-state index in [2.05, 4.69) is 4.98 Å². The highest BCUT2D eigenvalue weighted by molar-refractivity contribution is 7.13. The summed E-state index contributed by atoms with van der Waals surface area (Å²) >= 11 is 1.44. The summed E-state index contributed by atoms with van der Waals surface area (Å²) in [6, 6.07) is 0. The maximum atomic E-state index is 12.7. The van der Waals surface area contributed by atoms with E-state index < -0.39 is 11.9 Å². The lowest BCUT2D eigenvalue weighted by atomic mass is 9.92. The number of amides is 1. The fraction of sp³-hybridized carbons (Fsp3) is 0.667. The van der Waals surface area contributed by atoms with Crippen LogP contribution in [0.25, 0.3) is 0 Å². The number of carboxylic acids is 1. The molecular weight excluding hydrogens is 288 g/mol. The highest BCUT2D eigenvalue weighted by Crippen LogP contribution is 2.44. The minimum absolute atomic E-state index is 0.0425. The molecule has 1 aliphatic carbocycles. The van der Waals surface area contributed by atoms with Crippen LogP contribution in [0.1, 0.15) is 40.1 Å². The number of hydrogen-bond donors (Lipinski definition) is 1. The predicted octanol–water partition coefficient (Wildman–Crippen LogP) is 2.20. The van der Waals surface area contributed by atoms with E-state index in [4.69, 9.17) is 0 Å². The molecule has 0 aromatic carbocycles. The third kappa shape index (κ3) is 2.69. The molecule has 1 amide bonds. The van der Waals surface area contributed by atoms with E-state index in [0.717, 1.165) is 30.0 Å². The van der Waals surface area contributed by atoms with Gasteiger partial charge in [0.05, 0.1) is 16.6 Å². The van der Waals surface area contributed by atoms with Gasteiger partial charge in [-0.1, -0.05) is 6.92 Å². The zero-order chi connectivity index (χ0) is 15.1. The first kappa shape index (κ1) is 14.5. The van der Waals surface area contributed by atoms with Crippen LogP contribution in [0.2, 0.25) is 0 Å². The molecule has 1 saturated carbocycles. The Morgan fingerprint density at radius 1 is 1.38 bits per heavy atom. The molecule has 6 heteroatoms. The summed E-state index contributed by atoms with van der Waals surface area (Å²) in [4.78, 5) is 30.9. The number of thiazole rings is 1. The second-order valence-electron chi connectivity index (χ2n) is 6.03. The van der Waals surface area contributed by atoms with E-state index in [9.17, 15) is 14.7 Å². The van der Waals surface area contributed by atoms with Crippen LogP contribution in [0, 0.1) is 24.7 Å². The molecule has 21 heavy (non-hydrogen) atoms. The van der Waals surface area contributed by atoms with Gasteiger partial charge in [0.1, 0.15) is 4.88 Å².